The Bertz CT molecular complexity index is 953. The molecule has 0 saturated heterocycles. The molecule has 0 unspecified atom stereocenters. The standard InChI is InChI=1S/C18H17ClN4O2S/c1-23(2)17(25)11-3-8-14-15(9-11)22-18(21-14)26-10-16(24)20-13-6-4-12(19)5-7-13/h3-9H,10H2,1-2H3,(H,20,24)(H,21,22). The van der Waals surface area contributed by atoms with Gasteiger partial charge in [-0.15, -0.1) is 0 Å². The van der Waals surface area contributed by atoms with Crippen molar-refractivity contribution in [3.63, 3.8) is 0 Å². The SMILES string of the molecule is CN(C)C(=O)c1ccc2[nH]c(SCC(=O)Nc3ccc(Cl)cc3)nc2c1. The summed E-state index contributed by atoms with van der Waals surface area (Å²) < 4.78 is 0. The summed E-state index contributed by atoms with van der Waals surface area (Å²) in [6, 6.07) is 12.2. The van der Waals surface area contributed by atoms with Crippen LogP contribution in [0.4, 0.5) is 5.69 Å². The van der Waals surface area contributed by atoms with Crippen molar-refractivity contribution in [3.05, 3.63) is 53.1 Å². The molecule has 0 radical (unpaired) electrons. The van der Waals surface area contributed by atoms with Crippen molar-refractivity contribution in [2.45, 2.75) is 5.16 Å². The molecule has 0 aliphatic heterocycles. The van der Waals surface area contributed by atoms with Crippen molar-refractivity contribution in [1.82, 2.24) is 14.9 Å². The molecule has 0 spiro atoms. The van der Waals surface area contributed by atoms with E-state index in [0.717, 1.165) is 5.52 Å². The molecule has 1 aromatic heterocycles. The lowest BCUT2D eigenvalue weighted by atomic mass is 10.2. The van der Waals surface area contributed by atoms with Gasteiger partial charge >= 0.3 is 0 Å². The second-order valence-corrected chi connectivity index (χ2v) is 7.22. The molecular weight excluding hydrogens is 372 g/mol. The fourth-order valence-electron chi connectivity index (χ4n) is 2.31. The van der Waals surface area contributed by atoms with Crippen LogP contribution < -0.4 is 5.32 Å². The van der Waals surface area contributed by atoms with Gasteiger partial charge in [0, 0.05) is 30.4 Å². The van der Waals surface area contributed by atoms with Gasteiger partial charge in [0.15, 0.2) is 5.16 Å². The van der Waals surface area contributed by atoms with E-state index in [4.69, 9.17) is 11.6 Å². The van der Waals surface area contributed by atoms with E-state index in [0.29, 0.717) is 26.9 Å². The Labute approximate surface area is 159 Å². The van der Waals surface area contributed by atoms with Crippen LogP contribution >= 0.6 is 23.4 Å². The van der Waals surface area contributed by atoms with Crippen molar-refractivity contribution >= 4 is 51.9 Å². The molecule has 2 N–H and O–H groups in total. The van der Waals surface area contributed by atoms with Gasteiger partial charge in [0.2, 0.25) is 5.91 Å². The number of aromatic nitrogens is 2. The van der Waals surface area contributed by atoms with Crippen LogP contribution in [0.15, 0.2) is 47.6 Å². The minimum atomic E-state index is -0.138. The Kier molecular flexibility index (Phi) is 5.49. The van der Waals surface area contributed by atoms with Gasteiger partial charge in [-0.1, -0.05) is 23.4 Å². The minimum absolute atomic E-state index is 0.0774. The fourth-order valence-corrected chi connectivity index (χ4v) is 3.12. The normalized spacial score (nSPS) is 10.7. The lowest BCUT2D eigenvalue weighted by Crippen LogP contribution is -2.21. The average Bonchev–Trinajstić information content (AvgIpc) is 3.03. The van der Waals surface area contributed by atoms with Crippen molar-refractivity contribution in [2.24, 2.45) is 0 Å². The highest BCUT2D eigenvalue weighted by Crippen LogP contribution is 2.21. The molecule has 8 heteroatoms. The van der Waals surface area contributed by atoms with Gasteiger partial charge in [0.25, 0.3) is 5.91 Å². The molecule has 0 saturated carbocycles. The van der Waals surface area contributed by atoms with E-state index in [2.05, 4.69) is 15.3 Å². The number of hydrogen-bond acceptors (Lipinski definition) is 4. The average molecular weight is 389 g/mol. The Morgan fingerprint density at radius 3 is 2.62 bits per heavy atom. The highest BCUT2D eigenvalue weighted by atomic mass is 35.5. The number of benzene rings is 2. The lowest BCUT2D eigenvalue weighted by molar-refractivity contribution is -0.113. The number of nitrogens with zero attached hydrogens (tertiary/aromatic N) is 2. The third kappa shape index (κ3) is 4.36. The van der Waals surface area contributed by atoms with Crippen LogP contribution in [-0.2, 0) is 4.79 Å². The number of carbonyl (C=O) groups is 2. The van der Waals surface area contributed by atoms with E-state index in [1.807, 2.05) is 6.07 Å². The molecule has 3 rings (SSSR count). The maximum absolute atomic E-state index is 12.0. The molecule has 1 heterocycles. The first-order chi connectivity index (χ1) is 12.4. The number of rotatable bonds is 5. The summed E-state index contributed by atoms with van der Waals surface area (Å²) in [6.07, 6.45) is 0. The summed E-state index contributed by atoms with van der Waals surface area (Å²) >= 11 is 7.12. The topological polar surface area (TPSA) is 78.1 Å². The van der Waals surface area contributed by atoms with E-state index in [-0.39, 0.29) is 17.6 Å². The number of nitrogens with one attached hydrogen (secondary N) is 2. The number of thioether (sulfide) groups is 1. The fraction of sp³-hybridized carbons (Fsp3) is 0.167. The van der Waals surface area contributed by atoms with Gasteiger partial charge in [-0.3, -0.25) is 9.59 Å². The van der Waals surface area contributed by atoms with Gasteiger partial charge in [-0.05, 0) is 42.5 Å². The molecule has 26 heavy (non-hydrogen) atoms. The number of aromatic amines is 1. The van der Waals surface area contributed by atoms with Crippen LogP contribution in [-0.4, -0.2) is 46.5 Å². The number of halogens is 1. The highest BCUT2D eigenvalue weighted by molar-refractivity contribution is 7.99. The number of carbonyl (C=O) groups excluding carboxylic acids is 2. The first-order valence-corrected chi connectivity index (χ1v) is 9.18. The van der Waals surface area contributed by atoms with Gasteiger partial charge in [0.05, 0.1) is 16.8 Å². The third-order valence-corrected chi connectivity index (χ3v) is 4.71. The van der Waals surface area contributed by atoms with Crippen LogP contribution in [0.3, 0.4) is 0 Å². The molecule has 6 nitrogen and oxygen atoms in total. The summed E-state index contributed by atoms with van der Waals surface area (Å²) in [7, 11) is 3.41. The summed E-state index contributed by atoms with van der Waals surface area (Å²) in [5, 5.41) is 4.04. The Hall–Kier alpha value is -2.51. The van der Waals surface area contributed by atoms with Gasteiger partial charge < -0.3 is 15.2 Å². The van der Waals surface area contributed by atoms with Crippen molar-refractivity contribution in [1.29, 1.82) is 0 Å². The van der Waals surface area contributed by atoms with E-state index in [1.54, 1.807) is 50.5 Å². The summed E-state index contributed by atoms with van der Waals surface area (Å²) in [5.41, 5.74) is 2.78. The number of H-pyrrole nitrogens is 1. The van der Waals surface area contributed by atoms with Crippen molar-refractivity contribution in [3.8, 4) is 0 Å². The van der Waals surface area contributed by atoms with Crippen LogP contribution in [0, 0.1) is 0 Å². The van der Waals surface area contributed by atoms with Crippen LogP contribution in [0.5, 0.6) is 0 Å². The minimum Gasteiger partial charge on any atom is -0.345 e. The molecule has 3 aromatic rings. The van der Waals surface area contributed by atoms with Gasteiger partial charge in [-0.2, -0.15) is 0 Å². The maximum Gasteiger partial charge on any atom is 0.253 e. The number of imidazole rings is 1. The molecule has 134 valence electrons. The predicted molar refractivity (Wildman–Crippen MR) is 105 cm³/mol. The quantitative estimate of drug-likeness (QED) is 0.654. The van der Waals surface area contributed by atoms with Crippen LogP contribution in [0.1, 0.15) is 10.4 Å². The molecule has 0 aliphatic carbocycles. The Morgan fingerprint density at radius 1 is 1.19 bits per heavy atom. The molecule has 2 aromatic carbocycles. The molecular formula is C18H17ClN4O2S. The lowest BCUT2D eigenvalue weighted by Gasteiger charge is -2.09. The van der Waals surface area contributed by atoms with Gasteiger partial charge in [0.1, 0.15) is 0 Å². The molecule has 0 bridgehead atoms. The van der Waals surface area contributed by atoms with E-state index in [1.165, 1.54) is 16.7 Å². The molecule has 0 aliphatic rings. The van der Waals surface area contributed by atoms with Gasteiger partial charge in [-0.25, -0.2) is 4.98 Å². The second kappa shape index (κ2) is 7.80. The first kappa shape index (κ1) is 18.3. The largest absolute Gasteiger partial charge is 0.345 e. The maximum atomic E-state index is 12.0. The van der Waals surface area contributed by atoms with Crippen molar-refractivity contribution < 1.29 is 9.59 Å². The number of amides is 2. The van der Waals surface area contributed by atoms with E-state index >= 15 is 0 Å². The number of hydrogen-bond donors (Lipinski definition) is 2. The van der Waals surface area contributed by atoms with Crippen LogP contribution in [0.25, 0.3) is 11.0 Å². The zero-order valence-corrected chi connectivity index (χ0v) is 15.8. The Balaban J connectivity index is 1.64. The number of fused-ring (bicyclic) bond motifs is 1. The van der Waals surface area contributed by atoms with E-state index in [9.17, 15) is 9.59 Å². The summed E-state index contributed by atoms with van der Waals surface area (Å²) in [5.74, 6) is -0.000874. The zero-order chi connectivity index (χ0) is 18.7. The monoisotopic (exact) mass is 388 g/mol. The smallest absolute Gasteiger partial charge is 0.253 e. The Morgan fingerprint density at radius 2 is 1.92 bits per heavy atom. The third-order valence-electron chi connectivity index (χ3n) is 3.58. The second-order valence-electron chi connectivity index (χ2n) is 5.82. The highest BCUT2D eigenvalue weighted by Gasteiger charge is 2.12. The van der Waals surface area contributed by atoms with Crippen molar-refractivity contribution in [2.75, 3.05) is 25.2 Å². The molecule has 2 amide bonds. The van der Waals surface area contributed by atoms with E-state index < -0.39 is 0 Å². The number of anilines is 1. The predicted octanol–water partition coefficient (Wildman–Crippen LogP) is 3.65. The molecule has 0 fully saturated rings. The summed E-state index contributed by atoms with van der Waals surface area (Å²) in [6.45, 7) is 0. The first-order valence-electron chi connectivity index (χ1n) is 7.82. The van der Waals surface area contributed by atoms with Crippen LogP contribution in [0.2, 0.25) is 5.02 Å². The zero-order valence-electron chi connectivity index (χ0n) is 14.2. The molecule has 0 atom stereocenters. The summed E-state index contributed by atoms with van der Waals surface area (Å²) in [4.78, 5) is 33.2.